The number of nitrogens with zero attached hydrogens (tertiary/aromatic N) is 3. The average Bonchev–Trinajstić information content (AvgIpc) is 2.75. The molecule has 2 aromatic rings. The first kappa shape index (κ1) is 27.9. The molecule has 1 aliphatic rings. The van der Waals surface area contributed by atoms with E-state index in [1.807, 2.05) is 0 Å². The van der Waals surface area contributed by atoms with Crippen LogP contribution in [0.1, 0.15) is 44.1 Å². The Balaban J connectivity index is 1.74. The van der Waals surface area contributed by atoms with E-state index >= 15 is 0 Å². The van der Waals surface area contributed by atoms with Gasteiger partial charge in [-0.05, 0) is 45.4 Å². The van der Waals surface area contributed by atoms with Crippen molar-refractivity contribution >= 4 is 23.6 Å². The van der Waals surface area contributed by atoms with Gasteiger partial charge in [0.2, 0.25) is 0 Å². The fraction of sp³-hybridized carbons (Fsp3) is 0.478. The van der Waals surface area contributed by atoms with E-state index in [4.69, 9.17) is 4.74 Å². The first-order valence-electron chi connectivity index (χ1n) is 11.2. The number of nitrogens with one attached hydrogen (secondary N) is 2. The van der Waals surface area contributed by atoms with Gasteiger partial charge >= 0.3 is 12.5 Å². The summed E-state index contributed by atoms with van der Waals surface area (Å²) < 4.78 is 74.8. The molecule has 14 heteroatoms. The lowest BCUT2D eigenvalue weighted by Gasteiger charge is -2.39. The highest BCUT2D eigenvalue weighted by Gasteiger charge is 2.43. The molecule has 0 aliphatic carbocycles. The number of anilines is 2. The smallest absolute Gasteiger partial charge is 0.447 e. The van der Waals surface area contributed by atoms with Gasteiger partial charge in [-0.25, -0.2) is 23.5 Å². The summed E-state index contributed by atoms with van der Waals surface area (Å²) in [5.41, 5.74) is -0.772. The Hall–Kier alpha value is -3.71. The minimum atomic E-state index is -4.90. The molecule has 1 saturated heterocycles. The van der Waals surface area contributed by atoms with E-state index in [0.717, 1.165) is 23.2 Å². The third-order valence-electron chi connectivity index (χ3n) is 5.02. The largest absolute Gasteiger partial charge is 0.573 e. The van der Waals surface area contributed by atoms with Gasteiger partial charge in [0.15, 0.2) is 0 Å². The fourth-order valence-electron chi connectivity index (χ4n) is 3.49. The van der Waals surface area contributed by atoms with Crippen LogP contribution in [0.2, 0.25) is 0 Å². The number of hydrogen-bond acceptors (Lipinski definition) is 7. The Morgan fingerprint density at radius 2 is 1.89 bits per heavy atom. The molecule has 202 valence electrons. The van der Waals surface area contributed by atoms with E-state index in [0.29, 0.717) is 0 Å². The molecule has 2 aromatic heterocycles. The molecule has 1 fully saturated rings. The number of alkyl carbamates (subject to hydrolysis) is 1. The van der Waals surface area contributed by atoms with Gasteiger partial charge in [-0.3, -0.25) is 4.79 Å². The van der Waals surface area contributed by atoms with Crippen LogP contribution in [0.25, 0.3) is 0 Å². The summed E-state index contributed by atoms with van der Waals surface area (Å²) in [5.74, 6) is -4.51. The molecule has 1 unspecified atom stereocenters. The van der Waals surface area contributed by atoms with Crippen LogP contribution in [0.4, 0.5) is 38.4 Å². The second kappa shape index (κ2) is 10.7. The molecule has 0 radical (unpaired) electrons. The van der Waals surface area contributed by atoms with Gasteiger partial charge in [0.1, 0.15) is 29.7 Å². The highest BCUT2D eigenvalue weighted by atomic mass is 19.4. The number of likely N-dealkylation sites (tertiary alicyclic amines) is 1. The molecule has 2 amide bonds. The number of piperidine rings is 1. The van der Waals surface area contributed by atoms with Gasteiger partial charge in [-0.1, -0.05) is 6.07 Å². The van der Waals surface area contributed by atoms with Crippen LogP contribution in [-0.2, 0) is 4.74 Å². The molecule has 3 rings (SSSR count). The molecule has 0 saturated carbocycles. The molecule has 2 N–H and O–H groups in total. The molecule has 37 heavy (non-hydrogen) atoms. The van der Waals surface area contributed by atoms with Crippen LogP contribution < -0.4 is 15.4 Å². The zero-order valence-electron chi connectivity index (χ0n) is 20.2. The van der Waals surface area contributed by atoms with Crippen LogP contribution in [0.15, 0.2) is 36.5 Å². The van der Waals surface area contributed by atoms with E-state index in [2.05, 4.69) is 25.3 Å². The van der Waals surface area contributed by atoms with E-state index in [1.165, 1.54) is 18.2 Å². The Morgan fingerprint density at radius 3 is 2.57 bits per heavy atom. The topological polar surface area (TPSA) is 106 Å². The standard InChI is InChI=1S/C23H26F5N5O4/c1-21(2,3)32-20(35)36-12-14-7-9-22(24,25)13-33(14)19(34)16-5-4-6-17(30-16)31-18-11-15(8-10-29-18)37-23(26,27)28/h4-6,8,10-11,14H,7,9,12-13H2,1-3H3,(H,32,35)(H,29,30,31). The van der Waals surface area contributed by atoms with E-state index in [-0.39, 0.29) is 30.4 Å². The first-order chi connectivity index (χ1) is 17.1. The maximum absolute atomic E-state index is 14.2. The van der Waals surface area contributed by atoms with Crippen molar-refractivity contribution in [2.75, 3.05) is 18.5 Å². The zero-order valence-corrected chi connectivity index (χ0v) is 20.2. The predicted molar refractivity (Wildman–Crippen MR) is 122 cm³/mol. The third kappa shape index (κ3) is 8.72. The fourth-order valence-corrected chi connectivity index (χ4v) is 3.49. The number of halogens is 5. The maximum atomic E-state index is 14.2. The normalized spacial score (nSPS) is 17.6. The SMILES string of the molecule is CC(C)(C)NC(=O)OCC1CCC(F)(F)CN1C(=O)c1cccc(Nc2cc(OC(F)(F)F)ccn2)n1. The summed E-state index contributed by atoms with van der Waals surface area (Å²) >= 11 is 0. The van der Waals surface area contributed by atoms with Gasteiger partial charge in [-0.2, -0.15) is 0 Å². The number of rotatable bonds is 6. The van der Waals surface area contributed by atoms with Gasteiger partial charge < -0.3 is 25.0 Å². The first-order valence-corrected chi connectivity index (χ1v) is 11.2. The minimum Gasteiger partial charge on any atom is -0.447 e. The molecule has 0 bridgehead atoms. The molecule has 1 atom stereocenters. The lowest BCUT2D eigenvalue weighted by Crippen LogP contribution is -2.54. The van der Waals surface area contributed by atoms with Gasteiger partial charge in [0.25, 0.3) is 11.8 Å². The number of aromatic nitrogens is 2. The van der Waals surface area contributed by atoms with Crippen molar-refractivity contribution in [3.05, 3.63) is 42.2 Å². The molecule has 0 aromatic carbocycles. The lowest BCUT2D eigenvalue weighted by atomic mass is 9.99. The summed E-state index contributed by atoms with van der Waals surface area (Å²) in [5, 5.41) is 5.24. The van der Waals surface area contributed by atoms with Crippen molar-refractivity contribution in [3.63, 3.8) is 0 Å². The van der Waals surface area contributed by atoms with Crippen LogP contribution in [-0.4, -0.2) is 63.9 Å². The van der Waals surface area contributed by atoms with Crippen molar-refractivity contribution in [3.8, 4) is 5.75 Å². The molecule has 0 spiro atoms. The highest BCUT2D eigenvalue weighted by Crippen LogP contribution is 2.31. The molecule has 1 aliphatic heterocycles. The summed E-state index contributed by atoms with van der Waals surface area (Å²) in [6, 6.07) is 5.31. The minimum absolute atomic E-state index is 0.0311. The second-order valence-corrected chi connectivity index (χ2v) is 9.41. The van der Waals surface area contributed by atoms with Crippen LogP contribution in [0.3, 0.4) is 0 Å². The monoisotopic (exact) mass is 531 g/mol. The molecule has 9 nitrogen and oxygen atoms in total. The van der Waals surface area contributed by atoms with Crippen molar-refractivity contribution in [1.29, 1.82) is 0 Å². The Bertz CT molecular complexity index is 1120. The summed E-state index contributed by atoms with van der Waals surface area (Å²) in [6.45, 7) is 4.04. The quantitative estimate of drug-likeness (QED) is 0.512. The number of carbonyl (C=O) groups is 2. The van der Waals surface area contributed by atoms with E-state index in [1.54, 1.807) is 20.8 Å². The number of hydrogen-bond donors (Lipinski definition) is 2. The van der Waals surface area contributed by atoms with Gasteiger partial charge in [0.05, 0.1) is 12.6 Å². The predicted octanol–water partition coefficient (Wildman–Crippen LogP) is 4.88. The highest BCUT2D eigenvalue weighted by molar-refractivity contribution is 5.93. The number of amides is 2. The number of pyridine rings is 2. The van der Waals surface area contributed by atoms with Crippen molar-refractivity contribution in [2.24, 2.45) is 0 Å². The van der Waals surface area contributed by atoms with Crippen LogP contribution in [0.5, 0.6) is 5.75 Å². The molecular weight excluding hydrogens is 505 g/mol. The van der Waals surface area contributed by atoms with Crippen molar-refractivity contribution < 1.29 is 41.0 Å². The summed E-state index contributed by atoms with van der Waals surface area (Å²) in [4.78, 5) is 34.1. The summed E-state index contributed by atoms with van der Waals surface area (Å²) in [6.07, 6.45) is -5.15. The number of carbonyl (C=O) groups excluding carboxylic acids is 2. The van der Waals surface area contributed by atoms with Crippen molar-refractivity contribution in [1.82, 2.24) is 20.2 Å². The Kier molecular flexibility index (Phi) is 8.08. The zero-order chi connectivity index (χ0) is 27.4. The number of alkyl halides is 5. The maximum Gasteiger partial charge on any atom is 0.573 e. The van der Waals surface area contributed by atoms with E-state index < -0.39 is 54.6 Å². The third-order valence-corrected chi connectivity index (χ3v) is 5.02. The van der Waals surface area contributed by atoms with Crippen LogP contribution in [0, 0.1) is 0 Å². The summed E-state index contributed by atoms with van der Waals surface area (Å²) in [7, 11) is 0. The number of ether oxygens (including phenoxy) is 2. The second-order valence-electron chi connectivity index (χ2n) is 9.41. The Labute approximate surface area is 209 Å². The van der Waals surface area contributed by atoms with Gasteiger partial charge in [0, 0.05) is 24.2 Å². The average molecular weight is 531 g/mol. The molecular formula is C23H26F5N5O4. The molecule has 3 heterocycles. The van der Waals surface area contributed by atoms with Crippen molar-refractivity contribution in [2.45, 2.75) is 57.5 Å². The Morgan fingerprint density at radius 1 is 1.16 bits per heavy atom. The van der Waals surface area contributed by atoms with Crippen LogP contribution >= 0.6 is 0 Å². The van der Waals surface area contributed by atoms with E-state index in [9.17, 15) is 31.5 Å². The van der Waals surface area contributed by atoms with Gasteiger partial charge in [-0.15, -0.1) is 13.2 Å². The lowest BCUT2D eigenvalue weighted by molar-refractivity contribution is -0.274.